The first kappa shape index (κ1) is 16.2. The molecule has 1 atom stereocenters. The van der Waals surface area contributed by atoms with Crippen molar-refractivity contribution in [2.75, 3.05) is 13.1 Å². The summed E-state index contributed by atoms with van der Waals surface area (Å²) in [6.45, 7) is 10.5. The summed E-state index contributed by atoms with van der Waals surface area (Å²) < 4.78 is 0. The lowest BCUT2D eigenvalue weighted by Gasteiger charge is -2.29. The smallest absolute Gasteiger partial charge is 0.0917 e. The Labute approximate surface area is 118 Å². The Morgan fingerprint density at radius 2 is 1.74 bits per heavy atom. The van der Waals surface area contributed by atoms with Crippen LogP contribution in [0.2, 0.25) is 0 Å². The van der Waals surface area contributed by atoms with Crippen LogP contribution >= 0.6 is 0 Å². The van der Waals surface area contributed by atoms with Crippen LogP contribution in [0, 0.1) is 6.92 Å². The van der Waals surface area contributed by atoms with Gasteiger partial charge in [0, 0.05) is 12.6 Å². The largest absolute Gasteiger partial charge is 0.387 e. The molecule has 1 aromatic carbocycles. The molecule has 0 aliphatic rings. The van der Waals surface area contributed by atoms with Crippen molar-refractivity contribution in [3.05, 3.63) is 35.4 Å². The van der Waals surface area contributed by atoms with Crippen LogP contribution in [-0.4, -0.2) is 29.1 Å². The topological polar surface area (TPSA) is 23.5 Å². The number of hydrogen-bond donors (Lipinski definition) is 1. The summed E-state index contributed by atoms with van der Waals surface area (Å²) in [5, 5.41) is 10.3. The molecule has 0 saturated carbocycles. The first-order valence-electron chi connectivity index (χ1n) is 7.53. The van der Waals surface area contributed by atoms with Crippen molar-refractivity contribution >= 4 is 0 Å². The van der Waals surface area contributed by atoms with Gasteiger partial charge in [-0.2, -0.15) is 0 Å². The molecule has 0 spiro atoms. The molecule has 0 radical (unpaired) electrons. The molecule has 0 fully saturated rings. The van der Waals surface area contributed by atoms with Gasteiger partial charge >= 0.3 is 0 Å². The number of benzene rings is 1. The maximum absolute atomic E-state index is 10.3. The van der Waals surface area contributed by atoms with Crippen molar-refractivity contribution in [3.8, 4) is 0 Å². The zero-order valence-electron chi connectivity index (χ0n) is 12.9. The van der Waals surface area contributed by atoms with E-state index < -0.39 is 0 Å². The zero-order valence-corrected chi connectivity index (χ0v) is 12.9. The van der Waals surface area contributed by atoms with Gasteiger partial charge in [0.2, 0.25) is 0 Å². The van der Waals surface area contributed by atoms with Crippen molar-refractivity contribution in [3.63, 3.8) is 0 Å². The fourth-order valence-electron chi connectivity index (χ4n) is 2.24. The number of nitrogens with zero attached hydrogens (tertiary/aromatic N) is 1. The van der Waals surface area contributed by atoms with E-state index in [1.807, 2.05) is 12.1 Å². The van der Waals surface area contributed by atoms with E-state index >= 15 is 0 Å². The quantitative estimate of drug-likeness (QED) is 0.718. The van der Waals surface area contributed by atoms with Crippen molar-refractivity contribution in [1.29, 1.82) is 0 Å². The van der Waals surface area contributed by atoms with E-state index in [0.717, 1.165) is 18.7 Å². The van der Waals surface area contributed by atoms with Gasteiger partial charge in [0.05, 0.1) is 6.10 Å². The van der Waals surface area contributed by atoms with Gasteiger partial charge < -0.3 is 5.11 Å². The number of aliphatic hydroxyl groups excluding tert-OH is 1. The molecule has 19 heavy (non-hydrogen) atoms. The predicted octanol–water partition coefficient (Wildman–Crippen LogP) is 3.93. The Hall–Kier alpha value is -0.860. The van der Waals surface area contributed by atoms with E-state index in [0.29, 0.717) is 6.04 Å². The van der Waals surface area contributed by atoms with E-state index in [-0.39, 0.29) is 6.10 Å². The van der Waals surface area contributed by atoms with Gasteiger partial charge in [-0.15, -0.1) is 0 Å². The van der Waals surface area contributed by atoms with Crippen molar-refractivity contribution < 1.29 is 5.11 Å². The van der Waals surface area contributed by atoms with Gasteiger partial charge in [-0.05, 0) is 39.3 Å². The molecule has 1 unspecified atom stereocenters. The molecular formula is C17H29NO. The third-order valence-corrected chi connectivity index (χ3v) is 3.65. The van der Waals surface area contributed by atoms with Gasteiger partial charge in [0.15, 0.2) is 0 Å². The summed E-state index contributed by atoms with van der Waals surface area (Å²) in [6.07, 6.45) is 3.34. The number of aliphatic hydroxyl groups is 1. The molecule has 0 amide bonds. The van der Waals surface area contributed by atoms with Crippen LogP contribution in [0.15, 0.2) is 24.3 Å². The Balaban J connectivity index is 2.55. The highest BCUT2D eigenvalue weighted by Crippen LogP contribution is 2.17. The van der Waals surface area contributed by atoms with E-state index in [2.05, 4.69) is 44.7 Å². The lowest BCUT2D eigenvalue weighted by Crippen LogP contribution is -2.35. The summed E-state index contributed by atoms with van der Waals surface area (Å²) in [7, 11) is 0. The highest BCUT2D eigenvalue weighted by molar-refractivity contribution is 5.23. The molecule has 0 aromatic heterocycles. The second-order valence-corrected chi connectivity index (χ2v) is 5.72. The summed E-state index contributed by atoms with van der Waals surface area (Å²) in [6, 6.07) is 8.68. The molecule has 1 aromatic rings. The first-order valence-corrected chi connectivity index (χ1v) is 7.53. The summed E-state index contributed by atoms with van der Waals surface area (Å²) in [5.74, 6) is 0. The summed E-state index contributed by atoms with van der Waals surface area (Å²) in [5.41, 5.74) is 2.26. The van der Waals surface area contributed by atoms with Crippen LogP contribution in [0.1, 0.15) is 57.3 Å². The monoisotopic (exact) mass is 263 g/mol. The number of aryl methyl sites for hydroxylation is 1. The second-order valence-electron chi connectivity index (χ2n) is 5.72. The standard InChI is InChI=1S/C17H29NO/c1-5-6-7-12-18(14(2)3)13-17(19)16-10-8-15(4)9-11-16/h8-11,14,17,19H,5-7,12-13H2,1-4H3. The molecule has 0 aliphatic carbocycles. The van der Waals surface area contributed by atoms with E-state index in [1.54, 1.807) is 0 Å². The molecule has 1 rings (SSSR count). The van der Waals surface area contributed by atoms with Crippen LogP contribution in [0.25, 0.3) is 0 Å². The van der Waals surface area contributed by atoms with Gasteiger partial charge in [0.25, 0.3) is 0 Å². The highest BCUT2D eigenvalue weighted by atomic mass is 16.3. The average molecular weight is 263 g/mol. The highest BCUT2D eigenvalue weighted by Gasteiger charge is 2.15. The normalized spacial score (nSPS) is 13.2. The minimum Gasteiger partial charge on any atom is -0.387 e. The molecule has 2 heteroatoms. The van der Waals surface area contributed by atoms with E-state index in [4.69, 9.17) is 0 Å². The van der Waals surface area contributed by atoms with Gasteiger partial charge in [-0.3, -0.25) is 4.90 Å². The van der Waals surface area contributed by atoms with Gasteiger partial charge in [-0.25, -0.2) is 0 Å². The number of unbranched alkanes of at least 4 members (excludes halogenated alkanes) is 2. The Bertz CT molecular complexity index is 345. The molecule has 0 aliphatic heterocycles. The third kappa shape index (κ3) is 5.75. The zero-order chi connectivity index (χ0) is 14.3. The van der Waals surface area contributed by atoms with Gasteiger partial charge in [0.1, 0.15) is 0 Å². The summed E-state index contributed by atoms with van der Waals surface area (Å²) in [4.78, 5) is 2.38. The second kappa shape index (κ2) is 8.34. The Kier molecular flexibility index (Phi) is 7.11. The van der Waals surface area contributed by atoms with Crippen LogP contribution in [-0.2, 0) is 0 Å². The van der Waals surface area contributed by atoms with Crippen LogP contribution in [0.3, 0.4) is 0 Å². The first-order chi connectivity index (χ1) is 9.04. The predicted molar refractivity (Wildman–Crippen MR) is 82.4 cm³/mol. The van der Waals surface area contributed by atoms with E-state index in [9.17, 15) is 5.11 Å². The fraction of sp³-hybridized carbons (Fsp3) is 0.647. The maximum atomic E-state index is 10.3. The van der Waals surface area contributed by atoms with Crippen LogP contribution < -0.4 is 0 Å². The fourth-order valence-corrected chi connectivity index (χ4v) is 2.24. The lowest BCUT2D eigenvalue weighted by molar-refractivity contribution is 0.0942. The van der Waals surface area contributed by atoms with Crippen LogP contribution in [0.4, 0.5) is 0 Å². The summed E-state index contributed by atoms with van der Waals surface area (Å²) >= 11 is 0. The number of hydrogen-bond acceptors (Lipinski definition) is 2. The molecular weight excluding hydrogens is 234 g/mol. The molecule has 0 heterocycles. The minimum absolute atomic E-state index is 0.385. The van der Waals surface area contributed by atoms with Crippen LogP contribution in [0.5, 0.6) is 0 Å². The third-order valence-electron chi connectivity index (χ3n) is 3.65. The van der Waals surface area contributed by atoms with Crippen molar-refractivity contribution in [1.82, 2.24) is 4.90 Å². The van der Waals surface area contributed by atoms with Crippen molar-refractivity contribution in [2.24, 2.45) is 0 Å². The maximum Gasteiger partial charge on any atom is 0.0917 e. The van der Waals surface area contributed by atoms with E-state index in [1.165, 1.54) is 24.8 Å². The number of rotatable bonds is 8. The lowest BCUT2D eigenvalue weighted by atomic mass is 10.1. The molecule has 2 nitrogen and oxygen atoms in total. The minimum atomic E-state index is -0.385. The molecule has 0 bridgehead atoms. The van der Waals surface area contributed by atoms with Gasteiger partial charge in [-0.1, -0.05) is 49.6 Å². The molecule has 0 saturated heterocycles. The Morgan fingerprint density at radius 3 is 2.26 bits per heavy atom. The molecule has 108 valence electrons. The SMILES string of the molecule is CCCCCN(CC(O)c1ccc(C)cc1)C(C)C. The molecule has 1 N–H and O–H groups in total. The average Bonchev–Trinajstić information content (AvgIpc) is 2.38. The Morgan fingerprint density at radius 1 is 1.11 bits per heavy atom. The van der Waals surface area contributed by atoms with Crippen molar-refractivity contribution in [2.45, 2.75) is 59.1 Å².